The van der Waals surface area contributed by atoms with Crippen molar-refractivity contribution < 1.29 is 19.4 Å². The molecule has 0 amide bonds. The average molecular weight is 338 g/mol. The van der Waals surface area contributed by atoms with Gasteiger partial charge in [0.15, 0.2) is 23.1 Å². The van der Waals surface area contributed by atoms with Gasteiger partial charge in [-0.25, -0.2) is 0 Å². The molecule has 3 atom stereocenters. The number of benzene rings is 1. The molecule has 0 spiro atoms. The first-order chi connectivity index (χ1) is 11.9. The van der Waals surface area contributed by atoms with Crippen LogP contribution in [0.15, 0.2) is 54.2 Å². The fourth-order valence-electron chi connectivity index (χ4n) is 4.31. The molecule has 2 aliphatic rings. The van der Waals surface area contributed by atoms with Gasteiger partial charge in [0.1, 0.15) is 0 Å². The average Bonchev–Trinajstić information content (AvgIpc) is 2.60. The molecule has 4 nitrogen and oxygen atoms in total. The van der Waals surface area contributed by atoms with Gasteiger partial charge in [-0.3, -0.25) is 9.59 Å². The summed E-state index contributed by atoms with van der Waals surface area (Å²) in [5, 5.41) is 10.7. The highest BCUT2D eigenvalue weighted by atomic mass is 16.5. The first-order valence-corrected chi connectivity index (χ1v) is 8.31. The second kappa shape index (κ2) is 6.03. The Kier molecular flexibility index (Phi) is 4.15. The van der Waals surface area contributed by atoms with E-state index in [0.29, 0.717) is 23.3 Å². The Morgan fingerprint density at radius 3 is 2.72 bits per heavy atom. The Morgan fingerprint density at radius 1 is 1.36 bits per heavy atom. The van der Waals surface area contributed by atoms with Gasteiger partial charge in [-0.1, -0.05) is 37.8 Å². The summed E-state index contributed by atoms with van der Waals surface area (Å²) in [5.41, 5.74) is 0.922. The van der Waals surface area contributed by atoms with E-state index in [-0.39, 0.29) is 17.3 Å². The van der Waals surface area contributed by atoms with E-state index in [9.17, 15) is 14.7 Å². The summed E-state index contributed by atoms with van der Waals surface area (Å²) in [6, 6.07) is 5.22. The fourth-order valence-corrected chi connectivity index (χ4v) is 4.31. The van der Waals surface area contributed by atoms with Crippen molar-refractivity contribution in [1.29, 1.82) is 0 Å². The van der Waals surface area contributed by atoms with Crippen LogP contribution in [0.25, 0.3) is 0 Å². The first-order valence-electron chi connectivity index (χ1n) is 8.31. The number of fused-ring (bicyclic) bond motifs is 1. The van der Waals surface area contributed by atoms with Crippen LogP contribution in [0.4, 0.5) is 0 Å². The Morgan fingerprint density at radius 2 is 2.08 bits per heavy atom. The normalized spacial score (nSPS) is 28.8. The third-order valence-electron chi connectivity index (χ3n) is 5.59. The van der Waals surface area contributed by atoms with Crippen molar-refractivity contribution in [2.75, 3.05) is 7.11 Å². The quantitative estimate of drug-likeness (QED) is 0.912. The van der Waals surface area contributed by atoms with E-state index < -0.39 is 17.3 Å². The molecule has 0 bridgehead atoms. The topological polar surface area (TPSA) is 63.6 Å². The number of methoxy groups -OCH3 is 1. The summed E-state index contributed by atoms with van der Waals surface area (Å²) in [4.78, 5) is 25.7. The molecule has 0 fully saturated rings. The summed E-state index contributed by atoms with van der Waals surface area (Å²) in [7, 11) is 1.48. The molecule has 130 valence electrons. The van der Waals surface area contributed by atoms with E-state index in [4.69, 9.17) is 4.74 Å². The highest BCUT2D eigenvalue weighted by Crippen LogP contribution is 2.56. The number of aromatic hydroxyl groups is 1. The van der Waals surface area contributed by atoms with Gasteiger partial charge in [0.05, 0.1) is 12.5 Å². The second-order valence-electron chi connectivity index (χ2n) is 6.87. The highest BCUT2D eigenvalue weighted by molar-refractivity contribution is 6.13. The number of carbonyl (C=O) groups is 2. The van der Waals surface area contributed by atoms with Crippen molar-refractivity contribution in [1.82, 2.24) is 0 Å². The van der Waals surface area contributed by atoms with E-state index >= 15 is 0 Å². The summed E-state index contributed by atoms with van der Waals surface area (Å²) in [5.74, 6) is -0.657. The minimum absolute atomic E-state index is 0.00270. The van der Waals surface area contributed by atoms with E-state index in [1.807, 2.05) is 13.0 Å². The molecule has 0 saturated carbocycles. The standard InChI is InChI=1S/C21H22O4/c1-5-13-9-10-15-16(22)11-12(2)20(24)21(15,3)18(13)14-7-6-8-17(25-4)19(14)23/h5-9,11,15,18,23H,1,10H2,2-4H3/t15-,18+,21+/m0/s1. The molecule has 4 heteroatoms. The van der Waals surface area contributed by atoms with Crippen LogP contribution in [-0.4, -0.2) is 23.8 Å². The lowest BCUT2D eigenvalue weighted by Crippen LogP contribution is -2.49. The fraction of sp³-hybridized carbons (Fsp3) is 0.333. The first kappa shape index (κ1) is 17.2. The number of phenolic OH excluding ortho intramolecular Hbond substituents is 1. The number of ether oxygens (including phenoxy) is 1. The maximum Gasteiger partial charge on any atom is 0.166 e. The molecule has 0 heterocycles. The van der Waals surface area contributed by atoms with E-state index in [1.165, 1.54) is 13.2 Å². The van der Waals surface area contributed by atoms with E-state index in [2.05, 4.69) is 6.58 Å². The molecule has 1 N–H and O–H groups in total. The van der Waals surface area contributed by atoms with Gasteiger partial charge in [-0.05, 0) is 36.6 Å². The molecule has 0 aliphatic heterocycles. The van der Waals surface area contributed by atoms with Crippen molar-refractivity contribution in [2.45, 2.75) is 26.2 Å². The smallest absolute Gasteiger partial charge is 0.166 e. The molecule has 0 saturated heterocycles. The zero-order valence-electron chi connectivity index (χ0n) is 14.7. The van der Waals surface area contributed by atoms with Crippen molar-refractivity contribution >= 4 is 11.6 Å². The monoisotopic (exact) mass is 338 g/mol. The number of allylic oxidation sites excluding steroid dienone is 5. The van der Waals surface area contributed by atoms with Crippen LogP contribution in [0.1, 0.15) is 31.7 Å². The Labute approximate surface area is 147 Å². The molecular weight excluding hydrogens is 316 g/mol. The highest BCUT2D eigenvalue weighted by Gasteiger charge is 2.55. The summed E-state index contributed by atoms with van der Waals surface area (Å²) < 4.78 is 5.22. The van der Waals surface area contributed by atoms with Gasteiger partial charge in [-0.2, -0.15) is 0 Å². The maximum absolute atomic E-state index is 13.1. The lowest BCUT2D eigenvalue weighted by atomic mass is 9.53. The van der Waals surface area contributed by atoms with Crippen LogP contribution < -0.4 is 4.74 Å². The second-order valence-corrected chi connectivity index (χ2v) is 6.87. The summed E-state index contributed by atoms with van der Waals surface area (Å²) in [6.45, 7) is 7.38. The molecule has 0 aromatic heterocycles. The van der Waals surface area contributed by atoms with Crippen LogP contribution in [-0.2, 0) is 9.59 Å². The van der Waals surface area contributed by atoms with Gasteiger partial charge >= 0.3 is 0 Å². The zero-order valence-corrected chi connectivity index (χ0v) is 14.7. The van der Waals surface area contributed by atoms with Gasteiger partial charge in [0.25, 0.3) is 0 Å². The number of rotatable bonds is 3. The third-order valence-corrected chi connectivity index (χ3v) is 5.59. The van der Waals surface area contributed by atoms with Crippen LogP contribution in [0.2, 0.25) is 0 Å². The number of para-hydroxylation sites is 1. The predicted octanol–water partition coefficient (Wildman–Crippen LogP) is 3.72. The number of phenols is 1. The zero-order chi connectivity index (χ0) is 18.4. The number of hydrogen-bond acceptors (Lipinski definition) is 4. The maximum atomic E-state index is 13.1. The molecule has 3 rings (SSSR count). The molecular formula is C21H22O4. The van der Waals surface area contributed by atoms with Crippen LogP contribution in [0.5, 0.6) is 11.5 Å². The van der Waals surface area contributed by atoms with Crippen molar-refractivity contribution in [3.8, 4) is 11.5 Å². The molecule has 25 heavy (non-hydrogen) atoms. The lowest BCUT2D eigenvalue weighted by molar-refractivity contribution is -0.137. The minimum atomic E-state index is -0.960. The molecule has 0 unspecified atom stereocenters. The predicted molar refractivity (Wildman–Crippen MR) is 95.7 cm³/mol. The van der Waals surface area contributed by atoms with Crippen molar-refractivity contribution in [3.63, 3.8) is 0 Å². The molecule has 1 aromatic carbocycles. The number of ketones is 2. The van der Waals surface area contributed by atoms with Crippen molar-refractivity contribution in [2.24, 2.45) is 11.3 Å². The Balaban J connectivity index is 2.28. The Bertz CT molecular complexity index is 830. The lowest BCUT2D eigenvalue weighted by Gasteiger charge is -2.47. The molecule has 1 aromatic rings. The van der Waals surface area contributed by atoms with Crippen LogP contribution >= 0.6 is 0 Å². The van der Waals surface area contributed by atoms with Gasteiger partial charge in [0, 0.05) is 17.4 Å². The Hall–Kier alpha value is -2.62. The molecule has 0 radical (unpaired) electrons. The number of hydrogen-bond donors (Lipinski definition) is 1. The largest absolute Gasteiger partial charge is 0.504 e. The van der Waals surface area contributed by atoms with Gasteiger partial charge < -0.3 is 9.84 Å². The van der Waals surface area contributed by atoms with E-state index in [0.717, 1.165) is 5.57 Å². The van der Waals surface area contributed by atoms with Crippen LogP contribution in [0, 0.1) is 11.3 Å². The van der Waals surface area contributed by atoms with E-state index in [1.54, 1.807) is 31.2 Å². The van der Waals surface area contributed by atoms with Crippen molar-refractivity contribution in [3.05, 3.63) is 59.7 Å². The summed E-state index contributed by atoms with van der Waals surface area (Å²) >= 11 is 0. The van der Waals surface area contributed by atoms with Crippen LogP contribution in [0.3, 0.4) is 0 Å². The third kappa shape index (κ3) is 2.36. The minimum Gasteiger partial charge on any atom is -0.504 e. The SMILES string of the molecule is C=CC1=CC[C@H]2C(=O)C=C(C)C(=O)[C@@]2(C)[C@H]1c1cccc(OC)c1O. The number of Topliss-reactive ketones (excluding diaryl/α,β-unsaturated/α-hetero) is 1. The van der Waals surface area contributed by atoms with Gasteiger partial charge in [-0.15, -0.1) is 0 Å². The summed E-state index contributed by atoms with van der Waals surface area (Å²) in [6.07, 6.45) is 5.59. The molecule has 2 aliphatic carbocycles. The van der Waals surface area contributed by atoms with Gasteiger partial charge in [0.2, 0.25) is 0 Å². The number of carbonyl (C=O) groups excluding carboxylic acids is 2.